The summed E-state index contributed by atoms with van der Waals surface area (Å²) in [5.41, 5.74) is 0.574. The van der Waals surface area contributed by atoms with Crippen molar-refractivity contribution in [2.45, 2.75) is 13.0 Å². The van der Waals surface area contributed by atoms with Crippen molar-refractivity contribution >= 4 is 38.6 Å². The number of aromatic nitrogens is 1. The quantitative estimate of drug-likeness (QED) is 0.497. The van der Waals surface area contributed by atoms with Gasteiger partial charge in [0.1, 0.15) is 10.7 Å². The molecule has 0 unspecified atom stereocenters. The molecule has 1 aromatic heterocycles. The summed E-state index contributed by atoms with van der Waals surface area (Å²) in [4.78, 5) is 27.3. The number of nitro benzene ring substituents is 2. The van der Waals surface area contributed by atoms with Crippen molar-refractivity contribution in [3.8, 4) is 0 Å². The number of rotatable bonds is 5. The van der Waals surface area contributed by atoms with Crippen LogP contribution in [0, 0.1) is 20.2 Å². The van der Waals surface area contributed by atoms with E-state index < -0.39 is 9.85 Å². The first-order valence-electron chi connectivity index (χ1n) is 7.39. The molecular formula is C16H14N4O4S. The highest BCUT2D eigenvalue weighted by Gasteiger charge is 2.26. The molecule has 0 aliphatic rings. The number of hydrogen-bond acceptors (Lipinski definition) is 7. The Morgan fingerprint density at radius 2 is 1.84 bits per heavy atom. The third kappa shape index (κ3) is 3.13. The molecule has 128 valence electrons. The average Bonchev–Trinajstić information content (AvgIpc) is 3.03. The molecule has 0 saturated heterocycles. The van der Waals surface area contributed by atoms with Crippen molar-refractivity contribution in [1.29, 1.82) is 0 Å². The number of thiazole rings is 1. The van der Waals surface area contributed by atoms with Crippen LogP contribution in [-0.4, -0.2) is 21.9 Å². The fourth-order valence-corrected chi connectivity index (χ4v) is 3.58. The van der Waals surface area contributed by atoms with Gasteiger partial charge in [-0.15, -0.1) is 11.3 Å². The van der Waals surface area contributed by atoms with Crippen LogP contribution in [0.5, 0.6) is 0 Å². The van der Waals surface area contributed by atoms with Crippen molar-refractivity contribution in [3.05, 3.63) is 67.7 Å². The molecule has 0 radical (unpaired) electrons. The SMILES string of the molecule is C[C@@H](c1nc2ccccc2s1)N(C)c1ccc([N+](=O)[O-])cc1[N+](=O)[O-]. The normalized spacial score (nSPS) is 12.1. The van der Waals surface area contributed by atoms with Crippen LogP contribution in [0.4, 0.5) is 17.1 Å². The van der Waals surface area contributed by atoms with Gasteiger partial charge >= 0.3 is 0 Å². The van der Waals surface area contributed by atoms with E-state index in [2.05, 4.69) is 4.98 Å². The van der Waals surface area contributed by atoms with Crippen LogP contribution in [0.15, 0.2) is 42.5 Å². The summed E-state index contributed by atoms with van der Waals surface area (Å²) >= 11 is 1.52. The predicted octanol–water partition coefficient (Wildman–Crippen LogP) is 4.31. The fourth-order valence-electron chi connectivity index (χ4n) is 2.51. The van der Waals surface area contributed by atoms with Crippen molar-refractivity contribution in [2.75, 3.05) is 11.9 Å². The maximum Gasteiger partial charge on any atom is 0.299 e. The molecule has 3 rings (SSSR count). The molecule has 25 heavy (non-hydrogen) atoms. The van der Waals surface area contributed by atoms with Gasteiger partial charge in [0.25, 0.3) is 11.4 Å². The molecule has 0 N–H and O–H groups in total. The second-order valence-electron chi connectivity index (χ2n) is 5.49. The van der Waals surface area contributed by atoms with Gasteiger partial charge in [-0.05, 0) is 25.1 Å². The molecule has 0 bridgehead atoms. The molecule has 0 saturated carbocycles. The lowest BCUT2D eigenvalue weighted by Crippen LogP contribution is -2.22. The van der Waals surface area contributed by atoms with E-state index in [9.17, 15) is 20.2 Å². The van der Waals surface area contributed by atoms with Crippen molar-refractivity contribution < 1.29 is 9.85 Å². The van der Waals surface area contributed by atoms with Crippen LogP contribution >= 0.6 is 11.3 Å². The van der Waals surface area contributed by atoms with E-state index in [1.165, 1.54) is 23.5 Å². The summed E-state index contributed by atoms with van der Waals surface area (Å²) in [7, 11) is 1.71. The Hall–Kier alpha value is -3.07. The van der Waals surface area contributed by atoms with Gasteiger partial charge in [0.15, 0.2) is 0 Å². The smallest absolute Gasteiger partial charge is 0.299 e. The number of non-ortho nitro benzene ring substituents is 1. The van der Waals surface area contributed by atoms with Gasteiger partial charge in [0.2, 0.25) is 0 Å². The summed E-state index contributed by atoms with van der Waals surface area (Å²) in [6.45, 7) is 1.89. The summed E-state index contributed by atoms with van der Waals surface area (Å²) < 4.78 is 1.04. The minimum absolute atomic E-state index is 0.224. The molecule has 8 nitrogen and oxygen atoms in total. The summed E-state index contributed by atoms with van der Waals surface area (Å²) in [6, 6.07) is 11.1. The lowest BCUT2D eigenvalue weighted by Gasteiger charge is -2.24. The number of benzene rings is 2. The maximum atomic E-state index is 11.3. The zero-order chi connectivity index (χ0) is 18.1. The Labute approximate surface area is 146 Å². The lowest BCUT2D eigenvalue weighted by atomic mass is 10.2. The van der Waals surface area contributed by atoms with E-state index in [0.717, 1.165) is 21.3 Å². The van der Waals surface area contributed by atoms with Gasteiger partial charge in [-0.3, -0.25) is 20.2 Å². The van der Waals surface area contributed by atoms with Gasteiger partial charge in [0.05, 0.1) is 32.2 Å². The zero-order valence-electron chi connectivity index (χ0n) is 13.4. The molecule has 0 fully saturated rings. The Balaban J connectivity index is 2.00. The third-order valence-corrected chi connectivity index (χ3v) is 5.20. The van der Waals surface area contributed by atoms with Gasteiger partial charge in [-0.25, -0.2) is 4.98 Å². The Morgan fingerprint density at radius 1 is 1.12 bits per heavy atom. The standard InChI is InChI=1S/C16H14N4O4S/c1-10(16-17-12-5-3-4-6-15(12)25-16)18(2)13-8-7-11(19(21)22)9-14(13)20(23)24/h3-10H,1-2H3/t10-/m0/s1. The highest BCUT2D eigenvalue weighted by atomic mass is 32.1. The zero-order valence-corrected chi connectivity index (χ0v) is 14.3. The van der Waals surface area contributed by atoms with Gasteiger partial charge in [-0.1, -0.05) is 12.1 Å². The fraction of sp³-hybridized carbons (Fsp3) is 0.188. The molecule has 1 heterocycles. The maximum absolute atomic E-state index is 11.3. The van der Waals surface area contributed by atoms with E-state index >= 15 is 0 Å². The van der Waals surface area contributed by atoms with E-state index in [1.807, 2.05) is 31.2 Å². The molecule has 1 atom stereocenters. The van der Waals surface area contributed by atoms with Crippen molar-refractivity contribution in [3.63, 3.8) is 0 Å². The molecule has 9 heteroatoms. The van der Waals surface area contributed by atoms with Crippen LogP contribution in [0.1, 0.15) is 18.0 Å². The molecule has 0 aliphatic heterocycles. The second-order valence-corrected chi connectivity index (χ2v) is 6.56. The number of fused-ring (bicyclic) bond motifs is 1. The first-order valence-corrected chi connectivity index (χ1v) is 8.21. The van der Waals surface area contributed by atoms with Gasteiger partial charge in [0, 0.05) is 13.1 Å². The van der Waals surface area contributed by atoms with Crippen LogP contribution in [0.25, 0.3) is 10.2 Å². The molecule has 3 aromatic rings. The summed E-state index contributed by atoms with van der Waals surface area (Å²) in [5.74, 6) is 0. The van der Waals surface area contributed by atoms with Crippen LogP contribution in [0.2, 0.25) is 0 Å². The highest BCUT2D eigenvalue weighted by molar-refractivity contribution is 7.18. The number of hydrogen-bond donors (Lipinski definition) is 0. The molecule has 0 aliphatic carbocycles. The molecule has 2 aromatic carbocycles. The van der Waals surface area contributed by atoms with Crippen LogP contribution in [0.3, 0.4) is 0 Å². The number of nitro groups is 2. The molecular weight excluding hydrogens is 344 g/mol. The highest BCUT2D eigenvalue weighted by Crippen LogP contribution is 2.37. The topological polar surface area (TPSA) is 102 Å². The van der Waals surface area contributed by atoms with Gasteiger partial charge < -0.3 is 4.90 Å². The largest absolute Gasteiger partial charge is 0.360 e. The average molecular weight is 358 g/mol. The molecule has 0 spiro atoms. The Kier molecular flexibility index (Phi) is 4.32. The van der Waals surface area contributed by atoms with Gasteiger partial charge in [-0.2, -0.15) is 0 Å². The van der Waals surface area contributed by atoms with E-state index in [-0.39, 0.29) is 17.4 Å². The van der Waals surface area contributed by atoms with Crippen molar-refractivity contribution in [1.82, 2.24) is 4.98 Å². The number of para-hydroxylation sites is 1. The minimum atomic E-state index is -0.645. The summed E-state index contributed by atoms with van der Waals surface area (Å²) in [5, 5.41) is 23.0. The first-order chi connectivity index (χ1) is 11.9. The third-order valence-electron chi connectivity index (χ3n) is 4.00. The number of nitrogens with zero attached hydrogens (tertiary/aromatic N) is 4. The van der Waals surface area contributed by atoms with E-state index in [1.54, 1.807) is 11.9 Å². The molecule has 0 amide bonds. The Morgan fingerprint density at radius 3 is 2.48 bits per heavy atom. The van der Waals surface area contributed by atoms with Crippen LogP contribution < -0.4 is 4.90 Å². The number of anilines is 1. The van der Waals surface area contributed by atoms with Crippen LogP contribution in [-0.2, 0) is 0 Å². The first kappa shape index (κ1) is 16.8. The van der Waals surface area contributed by atoms with Crippen molar-refractivity contribution in [2.24, 2.45) is 0 Å². The van der Waals surface area contributed by atoms with E-state index in [4.69, 9.17) is 0 Å². The Bertz CT molecular complexity index is 939. The predicted molar refractivity (Wildman–Crippen MR) is 96.2 cm³/mol. The second kappa shape index (κ2) is 6.44. The minimum Gasteiger partial charge on any atom is -0.360 e. The van der Waals surface area contributed by atoms with E-state index in [0.29, 0.717) is 5.69 Å². The monoisotopic (exact) mass is 358 g/mol. The summed E-state index contributed by atoms with van der Waals surface area (Å²) in [6.07, 6.45) is 0. The lowest BCUT2D eigenvalue weighted by molar-refractivity contribution is -0.393.